The number of aromatic nitrogens is 2. The average Bonchev–Trinajstić information content (AvgIpc) is 2.86. The first-order valence-electron chi connectivity index (χ1n) is 8.58. The van der Waals surface area contributed by atoms with Crippen LogP contribution < -0.4 is 5.32 Å². The van der Waals surface area contributed by atoms with Crippen LogP contribution in [0.4, 0.5) is 0 Å². The summed E-state index contributed by atoms with van der Waals surface area (Å²) in [5.41, 5.74) is 3.39. The molecule has 5 nitrogen and oxygen atoms in total. The molecule has 0 fully saturated rings. The molecular weight excluding hydrogens is 336 g/mol. The molecule has 1 unspecified atom stereocenters. The van der Waals surface area contributed by atoms with Gasteiger partial charge in [-0.3, -0.25) is 9.48 Å². The summed E-state index contributed by atoms with van der Waals surface area (Å²) in [7, 11) is 4.06. The van der Waals surface area contributed by atoms with Crippen molar-refractivity contribution >= 4 is 17.5 Å². The zero-order valence-corrected chi connectivity index (χ0v) is 16.4. The van der Waals surface area contributed by atoms with E-state index in [9.17, 15) is 4.79 Å². The minimum Gasteiger partial charge on any atom is -0.345 e. The number of benzene rings is 1. The highest BCUT2D eigenvalue weighted by Gasteiger charge is 2.22. The molecule has 6 heteroatoms. The molecule has 1 atom stereocenters. The fraction of sp³-hybridized carbons (Fsp3) is 0.474. The molecule has 1 aromatic heterocycles. The number of amides is 1. The fourth-order valence-electron chi connectivity index (χ4n) is 2.97. The van der Waals surface area contributed by atoms with Crippen molar-refractivity contribution in [1.29, 1.82) is 0 Å². The Bertz CT molecular complexity index is 722. The third-order valence-electron chi connectivity index (χ3n) is 4.35. The lowest BCUT2D eigenvalue weighted by molar-refractivity contribution is 0.0931. The smallest absolute Gasteiger partial charge is 0.255 e. The van der Waals surface area contributed by atoms with Gasteiger partial charge in [0.15, 0.2) is 0 Å². The van der Waals surface area contributed by atoms with Gasteiger partial charge in [0.05, 0.1) is 17.3 Å². The number of nitrogens with zero attached hydrogens (tertiary/aromatic N) is 3. The zero-order chi connectivity index (χ0) is 18.6. The van der Waals surface area contributed by atoms with Crippen LogP contribution in [-0.2, 0) is 6.54 Å². The second kappa shape index (κ2) is 8.50. The van der Waals surface area contributed by atoms with E-state index in [-0.39, 0.29) is 11.9 Å². The van der Waals surface area contributed by atoms with Crippen molar-refractivity contribution in [2.24, 2.45) is 0 Å². The van der Waals surface area contributed by atoms with E-state index in [0.717, 1.165) is 36.5 Å². The number of rotatable bonds is 7. The summed E-state index contributed by atoms with van der Waals surface area (Å²) in [6.07, 6.45) is 0.820. The first kappa shape index (κ1) is 19.5. The summed E-state index contributed by atoms with van der Waals surface area (Å²) < 4.78 is 1.86. The molecule has 0 aliphatic heterocycles. The second-order valence-corrected chi connectivity index (χ2v) is 6.97. The van der Waals surface area contributed by atoms with Crippen LogP contribution in [0.3, 0.4) is 0 Å². The van der Waals surface area contributed by atoms with E-state index in [0.29, 0.717) is 10.6 Å². The van der Waals surface area contributed by atoms with Crippen LogP contribution in [0.2, 0.25) is 5.02 Å². The first-order valence-corrected chi connectivity index (χ1v) is 8.96. The van der Waals surface area contributed by atoms with Gasteiger partial charge in [-0.05, 0) is 65.5 Å². The molecule has 0 saturated heterocycles. The van der Waals surface area contributed by atoms with Crippen molar-refractivity contribution in [3.8, 4) is 0 Å². The van der Waals surface area contributed by atoms with Crippen LogP contribution in [0.1, 0.15) is 46.7 Å². The largest absolute Gasteiger partial charge is 0.345 e. The lowest BCUT2D eigenvalue weighted by atomic mass is 10.0. The van der Waals surface area contributed by atoms with Gasteiger partial charge in [-0.1, -0.05) is 23.7 Å². The standard InChI is InChI=1S/C19H27ClN4O/c1-6-24-14(3)18(13(2)22-24)19(25)21-17(11-12-23(4)5)15-7-9-16(20)10-8-15/h7-10,17H,6,11-12H2,1-5H3,(H,21,25). The van der Waals surface area contributed by atoms with Crippen LogP contribution >= 0.6 is 11.6 Å². The van der Waals surface area contributed by atoms with E-state index >= 15 is 0 Å². The van der Waals surface area contributed by atoms with Crippen LogP contribution in [0.15, 0.2) is 24.3 Å². The fourth-order valence-corrected chi connectivity index (χ4v) is 3.09. The topological polar surface area (TPSA) is 50.2 Å². The predicted molar refractivity (Wildman–Crippen MR) is 102 cm³/mol. The Hall–Kier alpha value is -1.85. The highest BCUT2D eigenvalue weighted by Crippen LogP contribution is 2.21. The van der Waals surface area contributed by atoms with Gasteiger partial charge in [0, 0.05) is 17.3 Å². The number of carbonyl (C=O) groups excluding carboxylic acids is 1. The minimum absolute atomic E-state index is 0.0732. The van der Waals surface area contributed by atoms with Crippen molar-refractivity contribution in [3.63, 3.8) is 0 Å². The SMILES string of the molecule is CCn1nc(C)c(C(=O)NC(CCN(C)C)c2ccc(Cl)cc2)c1C. The highest BCUT2D eigenvalue weighted by molar-refractivity contribution is 6.30. The van der Waals surface area contributed by atoms with Crippen molar-refractivity contribution in [3.05, 3.63) is 51.8 Å². The molecule has 0 saturated carbocycles. The number of hydrogen-bond donors (Lipinski definition) is 1. The zero-order valence-electron chi connectivity index (χ0n) is 15.6. The molecular formula is C19H27ClN4O. The molecule has 1 N–H and O–H groups in total. The van der Waals surface area contributed by atoms with Gasteiger partial charge in [-0.15, -0.1) is 0 Å². The molecule has 1 aromatic carbocycles. The third kappa shape index (κ3) is 4.83. The molecule has 0 radical (unpaired) electrons. The Labute approximate surface area is 155 Å². The Balaban J connectivity index is 2.25. The quantitative estimate of drug-likeness (QED) is 0.818. The van der Waals surface area contributed by atoms with Crippen molar-refractivity contribution in [2.45, 2.75) is 39.8 Å². The van der Waals surface area contributed by atoms with Crippen LogP contribution in [0.5, 0.6) is 0 Å². The summed E-state index contributed by atoms with van der Waals surface area (Å²) >= 11 is 6.00. The first-order chi connectivity index (χ1) is 11.8. The molecule has 1 heterocycles. The molecule has 2 aromatic rings. The Morgan fingerprint density at radius 1 is 1.28 bits per heavy atom. The number of aryl methyl sites for hydroxylation is 2. The maximum Gasteiger partial charge on any atom is 0.255 e. The van der Waals surface area contributed by atoms with Crippen LogP contribution in [-0.4, -0.2) is 41.2 Å². The van der Waals surface area contributed by atoms with Crippen molar-refractivity contribution < 1.29 is 4.79 Å². The Morgan fingerprint density at radius 3 is 2.44 bits per heavy atom. The summed E-state index contributed by atoms with van der Waals surface area (Å²) in [5.74, 6) is -0.0755. The normalized spacial score (nSPS) is 12.4. The number of carbonyl (C=O) groups is 1. The van der Waals surface area contributed by atoms with Gasteiger partial charge in [0.1, 0.15) is 0 Å². The summed E-state index contributed by atoms with van der Waals surface area (Å²) in [4.78, 5) is 15.0. The number of nitrogens with one attached hydrogen (secondary N) is 1. The second-order valence-electron chi connectivity index (χ2n) is 6.53. The van der Waals surface area contributed by atoms with Gasteiger partial charge in [0.2, 0.25) is 0 Å². The van der Waals surface area contributed by atoms with Gasteiger partial charge in [-0.25, -0.2) is 0 Å². The molecule has 0 bridgehead atoms. The molecule has 136 valence electrons. The van der Waals surface area contributed by atoms with Gasteiger partial charge in [-0.2, -0.15) is 5.10 Å². The Kier molecular flexibility index (Phi) is 6.62. The van der Waals surface area contributed by atoms with Gasteiger partial charge < -0.3 is 10.2 Å². The maximum atomic E-state index is 12.9. The molecule has 0 aliphatic rings. The van der Waals surface area contributed by atoms with E-state index in [4.69, 9.17) is 11.6 Å². The van der Waals surface area contributed by atoms with Crippen LogP contribution in [0.25, 0.3) is 0 Å². The van der Waals surface area contributed by atoms with E-state index < -0.39 is 0 Å². The number of halogens is 1. The molecule has 1 amide bonds. The lowest BCUT2D eigenvalue weighted by Crippen LogP contribution is -2.31. The van der Waals surface area contributed by atoms with Crippen LogP contribution in [0, 0.1) is 13.8 Å². The number of hydrogen-bond acceptors (Lipinski definition) is 3. The van der Waals surface area contributed by atoms with Crippen molar-refractivity contribution in [2.75, 3.05) is 20.6 Å². The minimum atomic E-state index is -0.0755. The van der Waals surface area contributed by atoms with Gasteiger partial charge in [0.25, 0.3) is 5.91 Å². The van der Waals surface area contributed by atoms with E-state index in [2.05, 4.69) is 15.3 Å². The third-order valence-corrected chi connectivity index (χ3v) is 4.60. The molecule has 0 aliphatic carbocycles. The molecule has 0 spiro atoms. The summed E-state index contributed by atoms with van der Waals surface area (Å²) in [6, 6.07) is 7.58. The monoisotopic (exact) mass is 362 g/mol. The van der Waals surface area contributed by atoms with Crippen molar-refractivity contribution in [1.82, 2.24) is 20.0 Å². The lowest BCUT2D eigenvalue weighted by Gasteiger charge is -2.21. The van der Waals surface area contributed by atoms with E-state index in [1.54, 1.807) is 0 Å². The molecule has 2 rings (SSSR count). The predicted octanol–water partition coefficient (Wildman–Crippen LogP) is 3.60. The van der Waals surface area contributed by atoms with Gasteiger partial charge >= 0.3 is 0 Å². The van der Waals surface area contributed by atoms with E-state index in [1.807, 2.05) is 63.8 Å². The Morgan fingerprint density at radius 2 is 1.92 bits per heavy atom. The highest BCUT2D eigenvalue weighted by atomic mass is 35.5. The maximum absolute atomic E-state index is 12.9. The van der Waals surface area contributed by atoms with E-state index in [1.165, 1.54) is 0 Å². The summed E-state index contributed by atoms with van der Waals surface area (Å²) in [5, 5.41) is 8.32. The molecule has 25 heavy (non-hydrogen) atoms. The summed E-state index contributed by atoms with van der Waals surface area (Å²) in [6.45, 7) is 7.47. The average molecular weight is 363 g/mol.